The summed E-state index contributed by atoms with van der Waals surface area (Å²) >= 11 is 0. The second-order valence-electron chi connectivity index (χ2n) is 5.76. The van der Waals surface area contributed by atoms with Crippen LogP contribution in [0.5, 0.6) is 0 Å². The van der Waals surface area contributed by atoms with E-state index in [9.17, 15) is 0 Å². The van der Waals surface area contributed by atoms with Crippen molar-refractivity contribution in [3.63, 3.8) is 0 Å². The Hall–Kier alpha value is -1.00. The standard InChI is InChI=1S/C14H25N3O/c1-9(15-6)11-8-16-13(17-10(11)2)12(18-7)14(3,4)5/h8-9,12,15H,1-7H3. The number of aryl methyl sites for hydroxylation is 1. The van der Waals surface area contributed by atoms with Crippen LogP contribution in [-0.2, 0) is 4.74 Å². The zero-order valence-electron chi connectivity index (χ0n) is 12.5. The second kappa shape index (κ2) is 5.76. The van der Waals surface area contributed by atoms with Crippen LogP contribution in [0.4, 0.5) is 0 Å². The van der Waals surface area contributed by atoms with Gasteiger partial charge in [-0.3, -0.25) is 0 Å². The molecule has 1 aromatic rings. The first-order valence-electron chi connectivity index (χ1n) is 6.34. The van der Waals surface area contributed by atoms with Crippen LogP contribution in [0, 0.1) is 12.3 Å². The number of nitrogens with one attached hydrogen (secondary N) is 1. The quantitative estimate of drug-likeness (QED) is 0.894. The number of nitrogens with zero attached hydrogens (tertiary/aromatic N) is 2. The van der Waals surface area contributed by atoms with E-state index in [4.69, 9.17) is 4.74 Å². The van der Waals surface area contributed by atoms with Crippen molar-refractivity contribution in [1.29, 1.82) is 0 Å². The summed E-state index contributed by atoms with van der Waals surface area (Å²) in [7, 11) is 3.64. The number of aromatic nitrogens is 2. The smallest absolute Gasteiger partial charge is 0.157 e. The molecule has 0 aliphatic carbocycles. The molecule has 4 nitrogen and oxygen atoms in total. The molecule has 1 N–H and O–H groups in total. The summed E-state index contributed by atoms with van der Waals surface area (Å²) in [6, 6.07) is 0.259. The maximum absolute atomic E-state index is 5.54. The van der Waals surface area contributed by atoms with Gasteiger partial charge >= 0.3 is 0 Å². The molecule has 0 aliphatic heterocycles. The van der Waals surface area contributed by atoms with E-state index in [0.29, 0.717) is 0 Å². The van der Waals surface area contributed by atoms with E-state index in [2.05, 4.69) is 43.0 Å². The molecule has 102 valence electrons. The molecular formula is C14H25N3O. The van der Waals surface area contributed by atoms with Gasteiger partial charge in [0, 0.05) is 30.6 Å². The van der Waals surface area contributed by atoms with Crippen molar-refractivity contribution in [2.45, 2.75) is 46.8 Å². The van der Waals surface area contributed by atoms with Crippen molar-refractivity contribution in [3.05, 3.63) is 23.3 Å². The summed E-state index contributed by atoms with van der Waals surface area (Å²) in [5, 5.41) is 3.20. The maximum atomic E-state index is 5.54. The van der Waals surface area contributed by atoms with Gasteiger partial charge in [0.05, 0.1) is 0 Å². The van der Waals surface area contributed by atoms with Crippen molar-refractivity contribution >= 4 is 0 Å². The summed E-state index contributed by atoms with van der Waals surface area (Å²) in [5.74, 6) is 0.759. The van der Waals surface area contributed by atoms with Gasteiger partial charge in [0.2, 0.25) is 0 Å². The normalized spacial score (nSPS) is 15.5. The average molecular weight is 251 g/mol. The largest absolute Gasteiger partial charge is 0.373 e. The molecule has 0 spiro atoms. The molecule has 0 saturated heterocycles. The lowest BCUT2D eigenvalue weighted by atomic mass is 9.88. The molecule has 18 heavy (non-hydrogen) atoms. The maximum Gasteiger partial charge on any atom is 0.157 e. The predicted molar refractivity (Wildman–Crippen MR) is 73.4 cm³/mol. The summed E-state index contributed by atoms with van der Waals surface area (Å²) in [6.07, 6.45) is 1.81. The minimum Gasteiger partial charge on any atom is -0.373 e. The van der Waals surface area contributed by atoms with Crippen molar-refractivity contribution in [2.75, 3.05) is 14.2 Å². The lowest BCUT2D eigenvalue weighted by molar-refractivity contribution is 0.00849. The highest BCUT2D eigenvalue weighted by molar-refractivity contribution is 5.20. The fourth-order valence-electron chi connectivity index (χ4n) is 2.05. The monoisotopic (exact) mass is 251 g/mol. The number of ether oxygens (including phenoxy) is 1. The molecule has 0 amide bonds. The van der Waals surface area contributed by atoms with Gasteiger partial charge in [-0.2, -0.15) is 0 Å². The van der Waals surface area contributed by atoms with E-state index in [1.165, 1.54) is 0 Å². The molecule has 2 unspecified atom stereocenters. The van der Waals surface area contributed by atoms with Gasteiger partial charge in [0.25, 0.3) is 0 Å². The fraction of sp³-hybridized carbons (Fsp3) is 0.714. The summed E-state index contributed by atoms with van der Waals surface area (Å²) < 4.78 is 5.54. The van der Waals surface area contributed by atoms with Crippen LogP contribution in [0.15, 0.2) is 6.20 Å². The average Bonchev–Trinajstić information content (AvgIpc) is 2.27. The van der Waals surface area contributed by atoms with Crippen molar-refractivity contribution < 1.29 is 4.74 Å². The molecule has 0 fully saturated rings. The third kappa shape index (κ3) is 3.27. The van der Waals surface area contributed by atoms with E-state index in [0.717, 1.165) is 17.1 Å². The topological polar surface area (TPSA) is 47.0 Å². The van der Waals surface area contributed by atoms with Gasteiger partial charge in [-0.15, -0.1) is 0 Å². The highest BCUT2D eigenvalue weighted by atomic mass is 16.5. The first-order valence-corrected chi connectivity index (χ1v) is 6.34. The molecule has 2 atom stereocenters. The Labute approximate surface area is 110 Å². The zero-order chi connectivity index (χ0) is 13.9. The molecule has 0 aliphatic rings. The Morgan fingerprint density at radius 3 is 2.33 bits per heavy atom. The van der Waals surface area contributed by atoms with E-state index < -0.39 is 0 Å². The molecular weight excluding hydrogens is 226 g/mol. The van der Waals surface area contributed by atoms with Crippen molar-refractivity contribution in [1.82, 2.24) is 15.3 Å². The van der Waals surface area contributed by atoms with E-state index in [1.54, 1.807) is 7.11 Å². The molecule has 0 saturated carbocycles. The SMILES string of the molecule is CNC(C)c1cnc(C(OC)C(C)(C)C)nc1C. The molecule has 1 aromatic heterocycles. The Morgan fingerprint density at radius 1 is 1.33 bits per heavy atom. The molecule has 0 bridgehead atoms. The van der Waals surface area contributed by atoms with E-state index >= 15 is 0 Å². The van der Waals surface area contributed by atoms with Gasteiger partial charge in [-0.1, -0.05) is 20.8 Å². The first kappa shape index (κ1) is 15.1. The second-order valence-corrected chi connectivity index (χ2v) is 5.76. The number of hydrogen-bond donors (Lipinski definition) is 1. The van der Waals surface area contributed by atoms with Crippen LogP contribution in [0.2, 0.25) is 0 Å². The Morgan fingerprint density at radius 2 is 1.94 bits per heavy atom. The summed E-state index contributed by atoms with van der Waals surface area (Å²) in [5.41, 5.74) is 2.12. The Kier molecular flexibility index (Phi) is 4.82. The lowest BCUT2D eigenvalue weighted by Gasteiger charge is -2.28. The third-order valence-electron chi connectivity index (χ3n) is 3.19. The summed E-state index contributed by atoms with van der Waals surface area (Å²) in [6.45, 7) is 10.5. The van der Waals surface area contributed by atoms with Gasteiger partial charge in [0.1, 0.15) is 6.10 Å². The van der Waals surface area contributed by atoms with Crippen molar-refractivity contribution in [2.24, 2.45) is 5.41 Å². The van der Waals surface area contributed by atoms with Gasteiger partial charge in [-0.25, -0.2) is 9.97 Å². The summed E-state index contributed by atoms with van der Waals surface area (Å²) in [4.78, 5) is 9.07. The van der Waals surface area contributed by atoms with Gasteiger partial charge in [0.15, 0.2) is 5.82 Å². The Bertz CT molecular complexity index is 399. The molecule has 1 rings (SSSR count). The van der Waals surface area contributed by atoms with E-state index in [-0.39, 0.29) is 17.6 Å². The molecule has 1 heterocycles. The van der Waals surface area contributed by atoms with Crippen LogP contribution < -0.4 is 5.32 Å². The fourth-order valence-corrected chi connectivity index (χ4v) is 2.05. The van der Waals surface area contributed by atoms with E-state index in [1.807, 2.05) is 20.2 Å². The predicted octanol–water partition coefficient (Wildman–Crippen LogP) is 2.80. The number of hydrogen-bond acceptors (Lipinski definition) is 4. The van der Waals surface area contributed by atoms with Gasteiger partial charge < -0.3 is 10.1 Å². The zero-order valence-corrected chi connectivity index (χ0v) is 12.5. The molecule has 0 aromatic carbocycles. The first-order chi connectivity index (χ1) is 8.31. The number of methoxy groups -OCH3 is 1. The highest BCUT2D eigenvalue weighted by Crippen LogP contribution is 2.33. The Balaban J connectivity index is 3.10. The van der Waals surface area contributed by atoms with Crippen LogP contribution in [0.25, 0.3) is 0 Å². The van der Waals surface area contributed by atoms with Crippen LogP contribution >= 0.6 is 0 Å². The minimum absolute atomic E-state index is 0.0165. The highest BCUT2D eigenvalue weighted by Gasteiger charge is 2.29. The van der Waals surface area contributed by atoms with Crippen LogP contribution in [0.1, 0.15) is 56.9 Å². The third-order valence-corrected chi connectivity index (χ3v) is 3.19. The molecule has 0 radical (unpaired) electrons. The van der Waals surface area contributed by atoms with Gasteiger partial charge in [-0.05, 0) is 26.3 Å². The van der Waals surface area contributed by atoms with Crippen molar-refractivity contribution in [3.8, 4) is 0 Å². The van der Waals surface area contributed by atoms with Crippen LogP contribution in [-0.4, -0.2) is 24.1 Å². The lowest BCUT2D eigenvalue weighted by Crippen LogP contribution is -2.23. The van der Waals surface area contributed by atoms with Crippen LogP contribution in [0.3, 0.4) is 0 Å². The minimum atomic E-state index is -0.0878. The molecule has 4 heteroatoms. The number of rotatable bonds is 4.